The van der Waals surface area contributed by atoms with E-state index >= 15 is 0 Å². The van der Waals surface area contributed by atoms with Gasteiger partial charge in [-0.1, -0.05) is 19.3 Å². The molecule has 0 bridgehead atoms. The maximum absolute atomic E-state index is 12.7. The fourth-order valence-corrected chi connectivity index (χ4v) is 4.31. The van der Waals surface area contributed by atoms with Gasteiger partial charge < -0.3 is 10.2 Å². The van der Waals surface area contributed by atoms with Gasteiger partial charge in [0, 0.05) is 27.1 Å². The highest BCUT2D eigenvalue weighted by molar-refractivity contribution is 6.08. The van der Waals surface area contributed by atoms with Crippen molar-refractivity contribution in [1.29, 1.82) is 0 Å². The maximum atomic E-state index is 12.7. The molecule has 150 valence electrons. The molecule has 2 heterocycles. The van der Waals surface area contributed by atoms with Gasteiger partial charge in [-0.3, -0.25) is 24.7 Å². The average molecular weight is 379 g/mol. The second-order valence-electron chi connectivity index (χ2n) is 7.93. The van der Waals surface area contributed by atoms with E-state index in [0.717, 1.165) is 43.7 Å². The Hall–Kier alpha value is -2.16. The number of hydrazine groups is 1. The molecule has 9 nitrogen and oxygen atoms in total. The van der Waals surface area contributed by atoms with Crippen LogP contribution >= 0.6 is 0 Å². The molecule has 1 unspecified atom stereocenters. The molecular weight excluding hydrogens is 350 g/mol. The number of likely N-dealkylation sites (N-methyl/N-ethyl adjacent to an activating group) is 1. The van der Waals surface area contributed by atoms with E-state index in [2.05, 4.69) is 10.7 Å². The molecule has 27 heavy (non-hydrogen) atoms. The van der Waals surface area contributed by atoms with Gasteiger partial charge in [0.15, 0.2) is 0 Å². The molecule has 5 amide bonds. The zero-order valence-electron chi connectivity index (χ0n) is 16.1. The van der Waals surface area contributed by atoms with Crippen molar-refractivity contribution >= 4 is 23.8 Å². The molecule has 2 saturated heterocycles. The summed E-state index contributed by atoms with van der Waals surface area (Å²) < 4.78 is 0. The molecule has 3 rings (SSSR count). The number of carbonyl (C=O) groups excluding carboxylic acids is 4. The minimum absolute atomic E-state index is 0.0428. The fraction of sp³-hybridized carbons (Fsp3) is 0.778. The highest BCUT2D eigenvalue weighted by Crippen LogP contribution is 2.33. The quantitative estimate of drug-likeness (QED) is 0.665. The van der Waals surface area contributed by atoms with Crippen molar-refractivity contribution in [3.05, 3.63) is 0 Å². The monoisotopic (exact) mass is 379 g/mol. The van der Waals surface area contributed by atoms with Gasteiger partial charge >= 0.3 is 6.03 Å². The molecule has 1 saturated carbocycles. The van der Waals surface area contributed by atoms with Gasteiger partial charge in [-0.2, -0.15) is 5.01 Å². The molecule has 0 radical (unpaired) electrons. The largest absolute Gasteiger partial charge is 0.347 e. The smallest absolute Gasteiger partial charge is 0.344 e. The normalized spacial score (nSPS) is 25.0. The molecule has 0 aromatic rings. The van der Waals surface area contributed by atoms with Crippen molar-refractivity contribution in [2.24, 2.45) is 0 Å². The summed E-state index contributed by atoms with van der Waals surface area (Å²) >= 11 is 0. The lowest BCUT2D eigenvalue weighted by atomic mass is 9.82. The van der Waals surface area contributed by atoms with E-state index in [1.54, 1.807) is 19.0 Å². The molecule has 3 aliphatic rings. The number of hydrogen-bond acceptors (Lipinski definition) is 5. The van der Waals surface area contributed by atoms with Crippen LogP contribution in [0.5, 0.6) is 0 Å². The summed E-state index contributed by atoms with van der Waals surface area (Å²) in [5, 5.41) is 3.60. The van der Waals surface area contributed by atoms with Gasteiger partial charge in [-0.25, -0.2) is 4.79 Å². The molecule has 1 aliphatic carbocycles. The minimum atomic E-state index is -0.846. The van der Waals surface area contributed by atoms with Crippen molar-refractivity contribution in [1.82, 2.24) is 25.6 Å². The third-order valence-electron chi connectivity index (χ3n) is 5.82. The predicted octanol–water partition coefficient (Wildman–Crippen LogP) is 0.215. The van der Waals surface area contributed by atoms with Crippen LogP contribution in [0.15, 0.2) is 0 Å². The zero-order chi connectivity index (χ0) is 19.6. The van der Waals surface area contributed by atoms with E-state index in [9.17, 15) is 19.2 Å². The molecule has 0 aromatic heterocycles. The second-order valence-corrected chi connectivity index (χ2v) is 7.93. The number of nitrogens with one attached hydrogen (secondary N) is 2. The van der Waals surface area contributed by atoms with E-state index in [-0.39, 0.29) is 24.3 Å². The Labute approximate surface area is 159 Å². The standard InChI is InChI=1S/C18H29N5O4/c1-21(2)15(25)13-7-6-11-22(13)12-8-14(24)20-23-16(26)18(19-17(23)27)9-4-3-5-10-18/h13H,3-12H2,1-2H3,(H,19,27)(H,20,24). The van der Waals surface area contributed by atoms with E-state index in [0.29, 0.717) is 19.4 Å². The Balaban J connectivity index is 1.53. The molecule has 1 atom stereocenters. The van der Waals surface area contributed by atoms with Gasteiger partial charge in [0.25, 0.3) is 5.91 Å². The van der Waals surface area contributed by atoms with E-state index < -0.39 is 17.5 Å². The Bertz CT molecular complexity index is 629. The minimum Gasteiger partial charge on any atom is -0.347 e. The lowest BCUT2D eigenvalue weighted by Gasteiger charge is -2.30. The van der Waals surface area contributed by atoms with Crippen LogP contribution in [-0.2, 0) is 14.4 Å². The Morgan fingerprint density at radius 3 is 2.56 bits per heavy atom. The first-order valence-electron chi connectivity index (χ1n) is 9.75. The zero-order valence-corrected chi connectivity index (χ0v) is 16.1. The third-order valence-corrected chi connectivity index (χ3v) is 5.82. The number of amides is 5. The second kappa shape index (κ2) is 7.84. The maximum Gasteiger partial charge on any atom is 0.344 e. The summed E-state index contributed by atoms with van der Waals surface area (Å²) in [5.41, 5.74) is 1.61. The molecule has 2 aliphatic heterocycles. The lowest BCUT2D eigenvalue weighted by molar-refractivity contribution is -0.140. The van der Waals surface area contributed by atoms with Gasteiger partial charge in [-0.05, 0) is 32.2 Å². The van der Waals surface area contributed by atoms with Crippen molar-refractivity contribution in [3.63, 3.8) is 0 Å². The topological polar surface area (TPSA) is 102 Å². The third kappa shape index (κ3) is 3.92. The van der Waals surface area contributed by atoms with E-state index in [1.165, 1.54) is 0 Å². The van der Waals surface area contributed by atoms with Gasteiger partial charge in [0.2, 0.25) is 11.8 Å². The van der Waals surface area contributed by atoms with Crippen LogP contribution in [0.2, 0.25) is 0 Å². The molecule has 1 spiro atoms. The Kier molecular flexibility index (Phi) is 5.69. The van der Waals surface area contributed by atoms with Crippen molar-refractivity contribution in [2.75, 3.05) is 27.2 Å². The number of hydrogen-bond donors (Lipinski definition) is 2. The molecule has 9 heteroatoms. The van der Waals surface area contributed by atoms with Gasteiger partial charge in [-0.15, -0.1) is 0 Å². The lowest BCUT2D eigenvalue weighted by Crippen LogP contribution is -2.51. The number of rotatable bonds is 5. The van der Waals surface area contributed by atoms with Gasteiger partial charge in [0.05, 0.1) is 6.04 Å². The summed E-state index contributed by atoms with van der Waals surface area (Å²) in [6, 6.07) is -0.757. The van der Waals surface area contributed by atoms with Crippen molar-refractivity contribution in [3.8, 4) is 0 Å². The summed E-state index contributed by atoms with van der Waals surface area (Å²) in [5.74, 6) is -0.710. The summed E-state index contributed by atoms with van der Waals surface area (Å²) in [6.07, 6.45) is 5.91. The van der Waals surface area contributed by atoms with Crippen LogP contribution in [0, 0.1) is 0 Å². The summed E-state index contributed by atoms with van der Waals surface area (Å²) in [6.45, 7) is 1.19. The van der Waals surface area contributed by atoms with Crippen LogP contribution < -0.4 is 10.7 Å². The Morgan fingerprint density at radius 1 is 1.19 bits per heavy atom. The molecule has 0 aromatic carbocycles. The first-order valence-corrected chi connectivity index (χ1v) is 9.75. The molecular formula is C18H29N5O4. The summed E-state index contributed by atoms with van der Waals surface area (Å²) in [7, 11) is 3.45. The molecule has 3 fully saturated rings. The van der Waals surface area contributed by atoms with E-state index in [1.807, 2.05) is 4.90 Å². The van der Waals surface area contributed by atoms with Crippen molar-refractivity contribution < 1.29 is 19.2 Å². The number of likely N-dealkylation sites (tertiary alicyclic amines) is 1. The SMILES string of the molecule is CN(C)C(=O)C1CCCN1CCC(=O)NN1C(=O)NC2(CCCCC2)C1=O. The summed E-state index contributed by atoms with van der Waals surface area (Å²) in [4.78, 5) is 53.0. The first-order chi connectivity index (χ1) is 12.8. The number of urea groups is 1. The van der Waals surface area contributed by atoms with Crippen LogP contribution in [0.25, 0.3) is 0 Å². The number of imide groups is 1. The number of carbonyl (C=O) groups is 4. The van der Waals surface area contributed by atoms with Crippen LogP contribution in [0.4, 0.5) is 4.79 Å². The first kappa shape index (κ1) is 19.6. The number of nitrogens with zero attached hydrogens (tertiary/aromatic N) is 3. The molecule has 2 N–H and O–H groups in total. The average Bonchev–Trinajstić information content (AvgIpc) is 3.19. The van der Waals surface area contributed by atoms with Crippen LogP contribution in [0.1, 0.15) is 51.4 Å². The van der Waals surface area contributed by atoms with Crippen LogP contribution in [0.3, 0.4) is 0 Å². The highest BCUT2D eigenvalue weighted by Gasteiger charge is 2.52. The van der Waals surface area contributed by atoms with Crippen molar-refractivity contribution in [2.45, 2.75) is 62.9 Å². The highest BCUT2D eigenvalue weighted by atomic mass is 16.2. The van der Waals surface area contributed by atoms with Crippen LogP contribution in [-0.4, -0.2) is 77.3 Å². The predicted molar refractivity (Wildman–Crippen MR) is 97.2 cm³/mol. The van der Waals surface area contributed by atoms with E-state index in [4.69, 9.17) is 0 Å². The Morgan fingerprint density at radius 2 is 1.89 bits per heavy atom. The van der Waals surface area contributed by atoms with Gasteiger partial charge in [0.1, 0.15) is 5.54 Å². The fourth-order valence-electron chi connectivity index (χ4n) is 4.31.